The predicted molar refractivity (Wildman–Crippen MR) is 114 cm³/mol. The van der Waals surface area contributed by atoms with Gasteiger partial charge in [0, 0.05) is 18.8 Å². The molecule has 0 bridgehead atoms. The van der Waals surface area contributed by atoms with Crippen molar-refractivity contribution in [2.24, 2.45) is 0 Å². The molecule has 0 radical (unpaired) electrons. The van der Waals surface area contributed by atoms with Crippen molar-refractivity contribution in [3.63, 3.8) is 0 Å². The van der Waals surface area contributed by atoms with Crippen molar-refractivity contribution in [3.05, 3.63) is 53.6 Å². The van der Waals surface area contributed by atoms with Crippen LogP contribution >= 0.6 is 0 Å². The molecule has 3 N–H and O–H groups in total. The lowest BCUT2D eigenvalue weighted by Crippen LogP contribution is -2.40. The lowest BCUT2D eigenvalue weighted by atomic mass is 9.96. The molecule has 1 amide bonds. The zero-order valence-corrected chi connectivity index (χ0v) is 18.0. The highest BCUT2D eigenvalue weighted by Gasteiger charge is 2.16. The van der Waals surface area contributed by atoms with Crippen molar-refractivity contribution in [1.82, 2.24) is 25.3 Å². The maximum Gasteiger partial charge on any atom is 0.271 e. The van der Waals surface area contributed by atoms with Gasteiger partial charge in [0.05, 0.1) is 23.5 Å². The van der Waals surface area contributed by atoms with E-state index < -0.39 is 10.0 Å². The average Bonchev–Trinajstić information content (AvgIpc) is 2.75. The van der Waals surface area contributed by atoms with E-state index in [0.717, 1.165) is 24.1 Å². The fourth-order valence-electron chi connectivity index (χ4n) is 3.43. The molecule has 0 unspecified atom stereocenters. The van der Waals surface area contributed by atoms with Crippen LogP contribution in [0.1, 0.15) is 53.8 Å². The van der Waals surface area contributed by atoms with Gasteiger partial charge in [-0.1, -0.05) is 31.4 Å². The van der Waals surface area contributed by atoms with E-state index in [0.29, 0.717) is 19.0 Å². The summed E-state index contributed by atoms with van der Waals surface area (Å²) in [5, 5.41) is 6.06. The number of aryl methyl sites for hydroxylation is 1. The molecule has 30 heavy (non-hydrogen) atoms. The summed E-state index contributed by atoms with van der Waals surface area (Å²) in [4.78, 5) is 20.4. The molecule has 0 aliphatic heterocycles. The fourth-order valence-corrected chi connectivity index (χ4v) is 4.36. The normalized spacial score (nSPS) is 15.1. The third-order valence-electron chi connectivity index (χ3n) is 5.20. The lowest BCUT2D eigenvalue weighted by molar-refractivity contribution is 0.0948. The summed E-state index contributed by atoms with van der Waals surface area (Å²) in [5.74, 6) is -0.281. The molecule has 9 heteroatoms. The Kier molecular flexibility index (Phi) is 7.89. The molecule has 1 aromatic heterocycles. The molecule has 1 aromatic carbocycles. The molecule has 3 rings (SSSR count). The first-order valence-electron chi connectivity index (χ1n) is 10.3. The number of benzene rings is 1. The summed E-state index contributed by atoms with van der Waals surface area (Å²) in [5.41, 5.74) is 1.96. The van der Waals surface area contributed by atoms with Gasteiger partial charge in [-0.05, 0) is 43.9 Å². The first-order valence-corrected chi connectivity index (χ1v) is 11.8. The van der Waals surface area contributed by atoms with E-state index in [1.807, 2.05) is 0 Å². The van der Waals surface area contributed by atoms with Crippen molar-refractivity contribution in [2.75, 3.05) is 13.2 Å². The molecular weight excluding hydrogens is 402 g/mol. The number of nitrogens with one attached hydrogen (secondary N) is 3. The summed E-state index contributed by atoms with van der Waals surface area (Å²) in [6.07, 6.45) is 9.44. The molecule has 0 saturated heterocycles. The minimum Gasteiger partial charge on any atom is -0.350 e. The van der Waals surface area contributed by atoms with Crippen LogP contribution in [-0.2, 0) is 16.4 Å². The Hall–Kier alpha value is -2.36. The number of hydrogen-bond donors (Lipinski definition) is 3. The number of rotatable bonds is 9. The van der Waals surface area contributed by atoms with Crippen molar-refractivity contribution in [3.8, 4) is 0 Å². The summed E-state index contributed by atoms with van der Waals surface area (Å²) < 4.78 is 27.5. The maximum absolute atomic E-state index is 12.4. The quantitative estimate of drug-likeness (QED) is 0.523. The van der Waals surface area contributed by atoms with E-state index in [9.17, 15) is 13.2 Å². The number of sulfonamides is 1. The largest absolute Gasteiger partial charge is 0.350 e. The number of aromatic nitrogens is 2. The van der Waals surface area contributed by atoms with Crippen LogP contribution in [0.4, 0.5) is 0 Å². The number of hydrogen-bond acceptors (Lipinski definition) is 6. The van der Waals surface area contributed by atoms with Crippen LogP contribution in [0.2, 0.25) is 0 Å². The third kappa shape index (κ3) is 6.58. The van der Waals surface area contributed by atoms with Gasteiger partial charge in [0.25, 0.3) is 5.91 Å². The first kappa shape index (κ1) is 22.3. The van der Waals surface area contributed by atoms with Crippen molar-refractivity contribution in [1.29, 1.82) is 0 Å². The Morgan fingerprint density at radius 1 is 1.07 bits per heavy atom. The zero-order chi connectivity index (χ0) is 21.4. The van der Waals surface area contributed by atoms with E-state index in [4.69, 9.17) is 0 Å². The molecule has 1 fully saturated rings. The topological polar surface area (TPSA) is 113 Å². The first-order chi connectivity index (χ1) is 14.4. The van der Waals surface area contributed by atoms with E-state index in [-0.39, 0.29) is 23.2 Å². The molecule has 1 heterocycles. The Morgan fingerprint density at radius 2 is 1.80 bits per heavy atom. The third-order valence-corrected chi connectivity index (χ3v) is 6.62. The molecule has 1 aliphatic rings. The Bertz CT molecular complexity index is 924. The van der Waals surface area contributed by atoms with Gasteiger partial charge in [0.15, 0.2) is 0 Å². The molecule has 162 valence electrons. The minimum absolute atomic E-state index is 0.232. The summed E-state index contributed by atoms with van der Waals surface area (Å²) in [6, 6.07) is 7.10. The maximum atomic E-state index is 12.4. The monoisotopic (exact) mass is 431 g/mol. The molecule has 1 saturated carbocycles. The van der Waals surface area contributed by atoms with Gasteiger partial charge in [0.2, 0.25) is 10.0 Å². The highest BCUT2D eigenvalue weighted by molar-refractivity contribution is 7.89. The van der Waals surface area contributed by atoms with Crippen LogP contribution < -0.4 is 15.4 Å². The minimum atomic E-state index is -3.55. The summed E-state index contributed by atoms with van der Waals surface area (Å²) >= 11 is 0. The molecular formula is C21H29N5O3S. The fraction of sp³-hybridized carbons (Fsp3) is 0.476. The van der Waals surface area contributed by atoms with Crippen LogP contribution in [0.5, 0.6) is 0 Å². The van der Waals surface area contributed by atoms with E-state index in [2.05, 4.69) is 25.3 Å². The van der Waals surface area contributed by atoms with Crippen LogP contribution in [0.25, 0.3) is 0 Å². The van der Waals surface area contributed by atoms with E-state index >= 15 is 0 Å². The van der Waals surface area contributed by atoms with Crippen molar-refractivity contribution < 1.29 is 13.2 Å². The second kappa shape index (κ2) is 10.6. The van der Waals surface area contributed by atoms with Crippen LogP contribution in [-0.4, -0.2) is 43.5 Å². The SMILES string of the molecule is Cc1cnc(C(=O)NCCc2ccc(S(=O)(=O)NCNC3CCCCC3)cc2)cn1. The van der Waals surface area contributed by atoms with Gasteiger partial charge in [-0.15, -0.1) is 0 Å². The molecule has 2 aromatic rings. The molecule has 0 spiro atoms. The Labute approximate surface area is 178 Å². The van der Waals surface area contributed by atoms with E-state index in [1.54, 1.807) is 37.4 Å². The van der Waals surface area contributed by atoms with Crippen LogP contribution in [0, 0.1) is 6.92 Å². The van der Waals surface area contributed by atoms with Crippen LogP contribution in [0.15, 0.2) is 41.6 Å². The Balaban J connectivity index is 1.44. The number of carbonyl (C=O) groups excluding carboxylic acids is 1. The summed E-state index contributed by atoms with van der Waals surface area (Å²) in [7, 11) is -3.55. The standard InChI is InChI=1S/C21H29N5O3S/c1-16-13-24-20(14-23-16)21(27)22-12-11-17-7-9-19(10-8-17)30(28,29)26-15-25-18-5-3-2-4-6-18/h7-10,13-14,18,25-26H,2-6,11-12,15H2,1H3,(H,22,27). The summed E-state index contributed by atoms with van der Waals surface area (Å²) in [6.45, 7) is 2.47. The molecule has 8 nitrogen and oxygen atoms in total. The highest BCUT2D eigenvalue weighted by atomic mass is 32.2. The van der Waals surface area contributed by atoms with Crippen molar-refractivity contribution in [2.45, 2.75) is 56.4 Å². The predicted octanol–water partition coefficient (Wildman–Crippen LogP) is 1.92. The van der Waals surface area contributed by atoms with Gasteiger partial charge in [-0.2, -0.15) is 4.72 Å². The second-order valence-corrected chi connectivity index (χ2v) is 9.32. The van der Waals surface area contributed by atoms with Gasteiger partial charge in [0.1, 0.15) is 5.69 Å². The van der Waals surface area contributed by atoms with Gasteiger partial charge in [-0.25, -0.2) is 13.4 Å². The van der Waals surface area contributed by atoms with Crippen molar-refractivity contribution >= 4 is 15.9 Å². The smallest absolute Gasteiger partial charge is 0.271 e. The molecule has 1 aliphatic carbocycles. The van der Waals surface area contributed by atoms with Gasteiger partial charge < -0.3 is 10.6 Å². The lowest BCUT2D eigenvalue weighted by Gasteiger charge is -2.22. The highest BCUT2D eigenvalue weighted by Crippen LogP contribution is 2.17. The van der Waals surface area contributed by atoms with E-state index in [1.165, 1.54) is 25.5 Å². The number of carbonyl (C=O) groups is 1. The molecule has 0 atom stereocenters. The van der Waals surface area contributed by atoms with Crippen LogP contribution in [0.3, 0.4) is 0 Å². The Morgan fingerprint density at radius 3 is 2.47 bits per heavy atom. The second-order valence-electron chi connectivity index (χ2n) is 7.56. The van der Waals surface area contributed by atoms with Gasteiger partial charge in [-0.3, -0.25) is 9.78 Å². The number of nitrogens with zero attached hydrogens (tertiary/aromatic N) is 2. The van der Waals surface area contributed by atoms with Gasteiger partial charge >= 0.3 is 0 Å². The zero-order valence-electron chi connectivity index (χ0n) is 17.2. The average molecular weight is 432 g/mol. The number of amides is 1.